The second-order valence-corrected chi connectivity index (χ2v) is 8.50. The minimum atomic E-state index is -0.120. The first-order valence-electron chi connectivity index (χ1n) is 11.2. The van der Waals surface area contributed by atoms with Gasteiger partial charge in [0.05, 0.1) is 41.4 Å². The molecule has 7 nitrogen and oxygen atoms in total. The molecule has 0 amide bonds. The predicted octanol–water partition coefficient (Wildman–Crippen LogP) is 4.54. The Morgan fingerprint density at radius 1 is 0.912 bits per heavy atom. The van der Waals surface area contributed by atoms with Crippen molar-refractivity contribution in [3.8, 4) is 11.4 Å². The van der Waals surface area contributed by atoms with Crippen LogP contribution in [-0.2, 0) is 13.1 Å². The van der Waals surface area contributed by atoms with E-state index in [-0.39, 0.29) is 5.56 Å². The lowest BCUT2D eigenvalue weighted by Crippen LogP contribution is -2.23. The van der Waals surface area contributed by atoms with Crippen LogP contribution < -0.4 is 5.56 Å². The predicted molar refractivity (Wildman–Crippen MR) is 133 cm³/mol. The van der Waals surface area contributed by atoms with Crippen LogP contribution in [0, 0.1) is 6.92 Å². The number of nitrogens with zero attached hydrogens (tertiary/aromatic N) is 5. The number of benzene rings is 3. The number of imidazole rings is 1. The van der Waals surface area contributed by atoms with Crippen molar-refractivity contribution in [2.24, 2.45) is 0 Å². The Hall–Kier alpha value is -4.52. The normalized spacial score (nSPS) is 11.4. The number of aryl methyl sites for hydroxylation is 1. The second-order valence-electron chi connectivity index (χ2n) is 8.50. The topological polar surface area (TPSA) is 81.4 Å². The number of aromatic amines is 1. The Morgan fingerprint density at radius 3 is 2.56 bits per heavy atom. The fraction of sp³-hybridized carbons (Fsp3) is 0.111. The van der Waals surface area contributed by atoms with Crippen LogP contribution in [0.1, 0.15) is 16.8 Å². The molecule has 0 aliphatic rings. The van der Waals surface area contributed by atoms with Gasteiger partial charge in [-0.3, -0.25) is 4.79 Å². The lowest BCUT2D eigenvalue weighted by molar-refractivity contribution is 0.648. The van der Waals surface area contributed by atoms with Gasteiger partial charge in [0.1, 0.15) is 11.5 Å². The molecule has 0 atom stereocenters. The van der Waals surface area contributed by atoms with Crippen molar-refractivity contribution in [3.05, 3.63) is 112 Å². The molecule has 0 saturated carbocycles. The van der Waals surface area contributed by atoms with Gasteiger partial charge >= 0.3 is 0 Å². The molecule has 0 fully saturated rings. The van der Waals surface area contributed by atoms with E-state index in [1.807, 2.05) is 60.8 Å². The molecule has 6 aromatic rings. The van der Waals surface area contributed by atoms with Gasteiger partial charge in [-0.25, -0.2) is 9.67 Å². The van der Waals surface area contributed by atoms with Crippen molar-refractivity contribution < 1.29 is 0 Å². The number of fused-ring (bicyclic) bond motifs is 2. The highest BCUT2D eigenvalue weighted by Crippen LogP contribution is 2.22. The van der Waals surface area contributed by atoms with Crippen LogP contribution in [0.15, 0.2) is 89.9 Å². The molecule has 0 spiro atoms. The zero-order valence-electron chi connectivity index (χ0n) is 18.6. The van der Waals surface area contributed by atoms with E-state index in [1.54, 1.807) is 9.25 Å². The number of nitrogens with one attached hydrogen (secondary N) is 1. The third-order valence-corrected chi connectivity index (χ3v) is 6.02. The summed E-state index contributed by atoms with van der Waals surface area (Å²) in [4.78, 5) is 21.6. The van der Waals surface area contributed by atoms with Gasteiger partial charge in [0.2, 0.25) is 0 Å². The van der Waals surface area contributed by atoms with Crippen molar-refractivity contribution in [2.75, 3.05) is 0 Å². The van der Waals surface area contributed by atoms with Gasteiger partial charge < -0.3 is 9.55 Å². The molecular weight excluding hydrogens is 424 g/mol. The second kappa shape index (κ2) is 8.12. The molecule has 0 bridgehead atoms. The lowest BCUT2D eigenvalue weighted by Gasteiger charge is -2.11. The zero-order valence-corrected chi connectivity index (χ0v) is 18.6. The third-order valence-electron chi connectivity index (χ3n) is 6.02. The monoisotopic (exact) mass is 446 g/mol. The molecule has 0 saturated heterocycles. The smallest absolute Gasteiger partial charge is 0.262 e. The average molecular weight is 447 g/mol. The summed E-state index contributed by atoms with van der Waals surface area (Å²) in [5, 5.41) is 9.58. The summed E-state index contributed by atoms with van der Waals surface area (Å²) in [6.45, 7) is 3.02. The molecule has 0 aliphatic carbocycles. The molecular formula is C27H22N6O. The van der Waals surface area contributed by atoms with Gasteiger partial charge in [-0.2, -0.15) is 0 Å². The van der Waals surface area contributed by atoms with E-state index in [0.29, 0.717) is 24.5 Å². The Morgan fingerprint density at radius 2 is 1.71 bits per heavy atom. The van der Waals surface area contributed by atoms with Gasteiger partial charge in [-0.15, -0.1) is 5.10 Å². The van der Waals surface area contributed by atoms with E-state index >= 15 is 0 Å². The summed E-state index contributed by atoms with van der Waals surface area (Å²) >= 11 is 0. The molecule has 0 unspecified atom stereocenters. The van der Waals surface area contributed by atoms with Crippen LogP contribution in [0.25, 0.3) is 33.3 Å². The summed E-state index contributed by atoms with van der Waals surface area (Å²) in [7, 11) is 0. The Bertz CT molecular complexity index is 1660. The van der Waals surface area contributed by atoms with Gasteiger partial charge in [0.15, 0.2) is 0 Å². The summed E-state index contributed by atoms with van der Waals surface area (Å²) in [6.07, 6.45) is 1.90. The van der Waals surface area contributed by atoms with Crippen LogP contribution in [0.2, 0.25) is 0 Å². The summed E-state index contributed by atoms with van der Waals surface area (Å²) in [6, 6.07) is 25.9. The maximum Gasteiger partial charge on any atom is 0.262 e. The first kappa shape index (κ1) is 20.1. The summed E-state index contributed by atoms with van der Waals surface area (Å²) in [5.74, 6) is 0.564. The Labute approximate surface area is 195 Å². The van der Waals surface area contributed by atoms with Crippen LogP contribution >= 0.6 is 0 Å². The Kier molecular flexibility index (Phi) is 4.80. The Balaban J connectivity index is 1.39. The number of hydrogen-bond acceptors (Lipinski definition) is 4. The van der Waals surface area contributed by atoms with E-state index in [1.165, 1.54) is 5.56 Å². The van der Waals surface area contributed by atoms with Crippen LogP contribution in [0.5, 0.6) is 0 Å². The fourth-order valence-corrected chi connectivity index (χ4v) is 4.27. The molecule has 0 radical (unpaired) electrons. The SMILES string of the molecule is Cc1ccc(Cn2cc(Cn3c(=O)c(-c4nc5ccccc5[nH]4)cc4ccccc43)nn2)cc1. The van der Waals surface area contributed by atoms with Gasteiger partial charge in [0.25, 0.3) is 5.56 Å². The number of pyridine rings is 1. The molecule has 1 N–H and O–H groups in total. The summed E-state index contributed by atoms with van der Waals surface area (Å²) in [5.41, 5.74) is 6.08. The highest BCUT2D eigenvalue weighted by molar-refractivity contribution is 5.85. The van der Waals surface area contributed by atoms with Gasteiger partial charge in [-0.05, 0) is 42.1 Å². The van der Waals surface area contributed by atoms with Gasteiger partial charge in [-0.1, -0.05) is 65.4 Å². The van der Waals surface area contributed by atoms with Crippen LogP contribution in [0.4, 0.5) is 0 Å². The third kappa shape index (κ3) is 3.67. The minimum Gasteiger partial charge on any atom is -0.338 e. The maximum atomic E-state index is 13.6. The van der Waals surface area contributed by atoms with Crippen molar-refractivity contribution in [2.45, 2.75) is 20.0 Å². The number of hydrogen-bond donors (Lipinski definition) is 1. The van der Waals surface area contributed by atoms with Crippen molar-refractivity contribution in [3.63, 3.8) is 0 Å². The molecule has 3 aromatic heterocycles. The van der Waals surface area contributed by atoms with E-state index < -0.39 is 0 Å². The quantitative estimate of drug-likeness (QED) is 0.422. The molecule has 166 valence electrons. The average Bonchev–Trinajstić information content (AvgIpc) is 3.49. The number of aromatic nitrogens is 6. The highest BCUT2D eigenvalue weighted by atomic mass is 16.1. The molecule has 34 heavy (non-hydrogen) atoms. The van der Waals surface area contributed by atoms with Gasteiger partial charge in [0, 0.05) is 0 Å². The molecule has 6 rings (SSSR count). The van der Waals surface area contributed by atoms with Crippen LogP contribution in [0.3, 0.4) is 0 Å². The van der Waals surface area contributed by atoms with Crippen molar-refractivity contribution in [1.82, 2.24) is 29.5 Å². The first-order chi connectivity index (χ1) is 16.6. The molecule has 7 heteroatoms. The van der Waals surface area contributed by atoms with Crippen LogP contribution in [-0.4, -0.2) is 29.5 Å². The summed E-state index contributed by atoms with van der Waals surface area (Å²) < 4.78 is 3.55. The number of H-pyrrole nitrogens is 1. The standard InChI is InChI=1S/C27H22N6O/c1-18-10-12-19(13-11-18)15-32-16-21(30-31-32)17-33-25-9-5-2-6-20(25)14-22(27(33)34)26-28-23-7-3-4-8-24(23)29-26/h2-14,16H,15,17H2,1H3,(H,28,29). The van der Waals surface area contributed by atoms with E-state index in [0.717, 1.165) is 33.2 Å². The molecule has 3 heterocycles. The van der Waals surface area contributed by atoms with E-state index in [2.05, 4.69) is 51.5 Å². The highest BCUT2D eigenvalue weighted by Gasteiger charge is 2.15. The number of para-hydroxylation sites is 3. The van der Waals surface area contributed by atoms with Crippen molar-refractivity contribution in [1.29, 1.82) is 0 Å². The molecule has 0 aliphatic heterocycles. The van der Waals surface area contributed by atoms with Crippen molar-refractivity contribution >= 4 is 21.9 Å². The molecule has 3 aromatic carbocycles. The largest absolute Gasteiger partial charge is 0.338 e. The van der Waals surface area contributed by atoms with E-state index in [9.17, 15) is 4.79 Å². The lowest BCUT2D eigenvalue weighted by atomic mass is 10.1. The minimum absolute atomic E-state index is 0.120. The number of rotatable bonds is 5. The first-order valence-corrected chi connectivity index (χ1v) is 11.2. The fourth-order valence-electron chi connectivity index (χ4n) is 4.27. The zero-order chi connectivity index (χ0) is 23.1. The van der Waals surface area contributed by atoms with E-state index in [4.69, 9.17) is 0 Å². The maximum absolute atomic E-state index is 13.6.